The predicted molar refractivity (Wildman–Crippen MR) is 71.5 cm³/mol. The summed E-state index contributed by atoms with van der Waals surface area (Å²) in [7, 11) is 0. The van der Waals surface area contributed by atoms with E-state index in [1.54, 1.807) is 13.0 Å². The Balaban J connectivity index is 2.60. The van der Waals surface area contributed by atoms with Gasteiger partial charge in [0.1, 0.15) is 5.75 Å². The van der Waals surface area contributed by atoms with Crippen molar-refractivity contribution >= 4 is 11.7 Å². The summed E-state index contributed by atoms with van der Waals surface area (Å²) >= 11 is 0. The molecule has 0 aliphatic rings. The topological polar surface area (TPSA) is 61.5 Å². The summed E-state index contributed by atoms with van der Waals surface area (Å²) in [5.74, 6) is 0.457. The number of hydrogen-bond acceptors (Lipinski definition) is 4. The number of aryl methyl sites for hydroxylation is 1. The standard InChI is InChI=1S/C14H21NO3/c1-9(2)8-17-14(16)11(4)18-13-7-10(3)5-6-12(13)15/h5-7,9,11H,8,15H2,1-4H3/t11-/m0/s1. The molecule has 0 amide bonds. The molecule has 0 saturated carbocycles. The highest BCUT2D eigenvalue weighted by molar-refractivity contribution is 5.75. The SMILES string of the molecule is Cc1ccc(N)c(O[C@@H](C)C(=O)OCC(C)C)c1. The molecule has 0 unspecified atom stereocenters. The number of hydrogen-bond donors (Lipinski definition) is 1. The molecule has 1 aromatic rings. The molecule has 100 valence electrons. The molecule has 0 aliphatic heterocycles. The first-order valence-electron chi connectivity index (χ1n) is 6.09. The molecule has 0 saturated heterocycles. The van der Waals surface area contributed by atoms with Gasteiger partial charge in [-0.2, -0.15) is 0 Å². The quantitative estimate of drug-likeness (QED) is 0.645. The Morgan fingerprint density at radius 2 is 2.00 bits per heavy atom. The summed E-state index contributed by atoms with van der Waals surface area (Å²) in [6, 6.07) is 5.46. The molecule has 0 fully saturated rings. The Morgan fingerprint density at radius 1 is 1.33 bits per heavy atom. The van der Waals surface area contributed by atoms with Crippen LogP contribution in [0.25, 0.3) is 0 Å². The molecule has 1 atom stereocenters. The molecule has 4 nitrogen and oxygen atoms in total. The Bertz CT molecular complexity index is 416. The van der Waals surface area contributed by atoms with E-state index in [4.69, 9.17) is 15.2 Å². The van der Waals surface area contributed by atoms with Crippen LogP contribution in [0.4, 0.5) is 5.69 Å². The smallest absolute Gasteiger partial charge is 0.347 e. The first kappa shape index (κ1) is 14.4. The van der Waals surface area contributed by atoms with Crippen molar-refractivity contribution in [2.45, 2.75) is 33.8 Å². The summed E-state index contributed by atoms with van der Waals surface area (Å²) in [5, 5.41) is 0. The van der Waals surface area contributed by atoms with E-state index < -0.39 is 6.10 Å². The molecule has 18 heavy (non-hydrogen) atoms. The fraction of sp³-hybridized carbons (Fsp3) is 0.500. The van der Waals surface area contributed by atoms with Gasteiger partial charge in [0.05, 0.1) is 12.3 Å². The number of nitrogens with two attached hydrogens (primary N) is 1. The first-order chi connectivity index (χ1) is 8.40. The van der Waals surface area contributed by atoms with Crippen LogP contribution >= 0.6 is 0 Å². The van der Waals surface area contributed by atoms with Crippen molar-refractivity contribution in [2.24, 2.45) is 5.92 Å². The average Bonchev–Trinajstić information content (AvgIpc) is 2.30. The Morgan fingerprint density at radius 3 is 2.61 bits per heavy atom. The third kappa shape index (κ3) is 4.28. The van der Waals surface area contributed by atoms with Crippen molar-refractivity contribution in [3.05, 3.63) is 23.8 Å². The molecule has 0 bridgehead atoms. The summed E-state index contributed by atoms with van der Waals surface area (Å²) in [6.07, 6.45) is -0.659. The second kappa shape index (κ2) is 6.28. The van der Waals surface area contributed by atoms with Gasteiger partial charge in [0.2, 0.25) is 0 Å². The molecule has 0 heterocycles. The van der Waals surface area contributed by atoms with Gasteiger partial charge in [-0.1, -0.05) is 19.9 Å². The zero-order valence-corrected chi connectivity index (χ0v) is 11.4. The second-order valence-electron chi connectivity index (χ2n) is 4.83. The van der Waals surface area contributed by atoms with Gasteiger partial charge in [-0.05, 0) is 37.5 Å². The number of benzene rings is 1. The van der Waals surface area contributed by atoms with Gasteiger partial charge in [-0.15, -0.1) is 0 Å². The van der Waals surface area contributed by atoms with Gasteiger partial charge in [0.15, 0.2) is 6.10 Å². The molecule has 4 heteroatoms. The van der Waals surface area contributed by atoms with Crippen LogP contribution in [0.5, 0.6) is 5.75 Å². The van der Waals surface area contributed by atoms with E-state index in [-0.39, 0.29) is 5.97 Å². The van der Waals surface area contributed by atoms with Gasteiger partial charge in [0, 0.05) is 0 Å². The van der Waals surface area contributed by atoms with Crippen LogP contribution in [0.15, 0.2) is 18.2 Å². The van der Waals surface area contributed by atoms with Crippen LogP contribution < -0.4 is 10.5 Å². The molecule has 2 N–H and O–H groups in total. The van der Waals surface area contributed by atoms with Crippen molar-refractivity contribution in [3.63, 3.8) is 0 Å². The van der Waals surface area contributed by atoms with E-state index in [9.17, 15) is 4.79 Å². The zero-order chi connectivity index (χ0) is 13.7. The molecule has 1 aromatic carbocycles. The molecular weight excluding hydrogens is 230 g/mol. The minimum atomic E-state index is -0.659. The third-order valence-electron chi connectivity index (χ3n) is 2.36. The highest BCUT2D eigenvalue weighted by atomic mass is 16.6. The Labute approximate surface area is 108 Å². The molecule has 0 aromatic heterocycles. The predicted octanol–water partition coefficient (Wildman–Crippen LogP) is 2.54. The van der Waals surface area contributed by atoms with Crippen LogP contribution in [0, 0.1) is 12.8 Å². The Hall–Kier alpha value is -1.71. The van der Waals surface area contributed by atoms with Crippen molar-refractivity contribution < 1.29 is 14.3 Å². The average molecular weight is 251 g/mol. The molecule has 0 radical (unpaired) electrons. The minimum absolute atomic E-state index is 0.310. The van der Waals surface area contributed by atoms with Gasteiger partial charge < -0.3 is 15.2 Å². The lowest BCUT2D eigenvalue weighted by atomic mass is 10.2. The maximum atomic E-state index is 11.7. The lowest BCUT2D eigenvalue weighted by Gasteiger charge is -2.16. The third-order valence-corrected chi connectivity index (χ3v) is 2.36. The molecule has 0 aliphatic carbocycles. The van der Waals surface area contributed by atoms with Gasteiger partial charge in [-0.25, -0.2) is 4.79 Å². The highest BCUT2D eigenvalue weighted by Gasteiger charge is 2.17. The van der Waals surface area contributed by atoms with E-state index >= 15 is 0 Å². The van der Waals surface area contributed by atoms with Crippen LogP contribution in [-0.2, 0) is 9.53 Å². The van der Waals surface area contributed by atoms with Crippen molar-refractivity contribution in [1.29, 1.82) is 0 Å². The Kier molecular flexibility index (Phi) is 5.01. The van der Waals surface area contributed by atoms with Gasteiger partial charge >= 0.3 is 5.97 Å². The normalized spacial score (nSPS) is 12.3. The zero-order valence-electron chi connectivity index (χ0n) is 11.4. The van der Waals surface area contributed by atoms with E-state index in [1.165, 1.54) is 0 Å². The maximum absolute atomic E-state index is 11.7. The largest absolute Gasteiger partial charge is 0.477 e. The van der Waals surface area contributed by atoms with E-state index in [0.717, 1.165) is 5.56 Å². The fourth-order valence-corrected chi connectivity index (χ4v) is 1.35. The van der Waals surface area contributed by atoms with Crippen LogP contribution in [-0.4, -0.2) is 18.7 Å². The molecule has 0 spiro atoms. The number of ether oxygens (including phenoxy) is 2. The second-order valence-corrected chi connectivity index (χ2v) is 4.83. The maximum Gasteiger partial charge on any atom is 0.347 e. The number of carbonyl (C=O) groups excluding carboxylic acids is 1. The summed E-state index contributed by atoms with van der Waals surface area (Å²) < 4.78 is 10.6. The number of rotatable bonds is 5. The van der Waals surface area contributed by atoms with Gasteiger partial charge in [-0.3, -0.25) is 0 Å². The lowest BCUT2D eigenvalue weighted by molar-refractivity contribution is -0.152. The fourth-order valence-electron chi connectivity index (χ4n) is 1.35. The van der Waals surface area contributed by atoms with Gasteiger partial charge in [0.25, 0.3) is 0 Å². The summed E-state index contributed by atoms with van der Waals surface area (Å²) in [4.78, 5) is 11.7. The first-order valence-corrected chi connectivity index (χ1v) is 6.09. The van der Waals surface area contributed by atoms with E-state index in [1.807, 2.05) is 32.9 Å². The highest BCUT2D eigenvalue weighted by Crippen LogP contribution is 2.23. The van der Waals surface area contributed by atoms with Crippen LogP contribution in [0.3, 0.4) is 0 Å². The molecular formula is C14H21NO3. The van der Waals surface area contributed by atoms with Crippen LogP contribution in [0.1, 0.15) is 26.3 Å². The van der Waals surface area contributed by atoms with Crippen LogP contribution in [0.2, 0.25) is 0 Å². The molecule has 1 rings (SSSR count). The summed E-state index contributed by atoms with van der Waals surface area (Å²) in [6.45, 7) is 7.96. The number of esters is 1. The van der Waals surface area contributed by atoms with Crippen molar-refractivity contribution in [1.82, 2.24) is 0 Å². The number of carbonyl (C=O) groups is 1. The number of anilines is 1. The monoisotopic (exact) mass is 251 g/mol. The lowest BCUT2D eigenvalue weighted by Crippen LogP contribution is -2.27. The minimum Gasteiger partial charge on any atom is -0.477 e. The van der Waals surface area contributed by atoms with E-state index in [2.05, 4.69) is 0 Å². The number of nitrogen functional groups attached to an aromatic ring is 1. The summed E-state index contributed by atoms with van der Waals surface area (Å²) in [5.41, 5.74) is 7.33. The van der Waals surface area contributed by atoms with E-state index in [0.29, 0.717) is 24.0 Å². The van der Waals surface area contributed by atoms with Crippen molar-refractivity contribution in [3.8, 4) is 5.75 Å². The van der Waals surface area contributed by atoms with Crippen molar-refractivity contribution in [2.75, 3.05) is 12.3 Å².